The Hall–Kier alpha value is -0.570. The minimum absolute atomic E-state index is 0.447. The van der Waals surface area contributed by atoms with Crippen molar-refractivity contribution in [3.63, 3.8) is 0 Å². The Morgan fingerprint density at radius 2 is 2.15 bits per heavy atom. The smallest absolute Gasteiger partial charge is 0.215 e. The van der Waals surface area contributed by atoms with Crippen molar-refractivity contribution in [1.29, 1.82) is 0 Å². The predicted octanol–water partition coefficient (Wildman–Crippen LogP) is 2.42. The summed E-state index contributed by atoms with van der Waals surface area (Å²) in [5, 5.41) is 0. The van der Waals surface area contributed by atoms with Crippen molar-refractivity contribution < 1.29 is 9.78 Å². The molecule has 0 aromatic rings. The summed E-state index contributed by atoms with van der Waals surface area (Å²) < 4.78 is 0. The maximum Gasteiger partial charge on any atom is 0.215 e. The number of hydrogen-bond donors (Lipinski definition) is 0. The van der Waals surface area contributed by atoms with E-state index in [4.69, 9.17) is 0 Å². The van der Waals surface area contributed by atoms with Gasteiger partial charge in [0.2, 0.25) is 6.40 Å². The molecule has 0 saturated heterocycles. The average molecular weight is 185 g/mol. The van der Waals surface area contributed by atoms with Gasteiger partial charge in [0.25, 0.3) is 0 Å². The highest BCUT2D eigenvalue weighted by Crippen LogP contribution is 2.32. The molecule has 1 rings (SSSR count). The van der Waals surface area contributed by atoms with Crippen molar-refractivity contribution in [1.82, 2.24) is 0 Å². The molecule has 13 heavy (non-hydrogen) atoms. The molecule has 1 fully saturated rings. The second-order valence-electron chi connectivity index (χ2n) is 3.99. The van der Waals surface area contributed by atoms with Gasteiger partial charge in [-0.25, -0.2) is 0 Å². The SMILES string of the molecule is COO/C=N/[C@@H]1CC[C@H](C(C)C)C1. The maximum atomic E-state index is 4.60. The first kappa shape index (κ1) is 10.5. The van der Waals surface area contributed by atoms with Crippen LogP contribution < -0.4 is 0 Å². The molecule has 0 aliphatic heterocycles. The van der Waals surface area contributed by atoms with Crippen molar-refractivity contribution >= 4 is 6.40 Å². The van der Waals surface area contributed by atoms with Crippen molar-refractivity contribution in [2.24, 2.45) is 16.8 Å². The Morgan fingerprint density at radius 3 is 2.69 bits per heavy atom. The third-order valence-electron chi connectivity index (χ3n) is 2.80. The molecule has 0 aromatic carbocycles. The highest BCUT2D eigenvalue weighted by atomic mass is 17.2. The highest BCUT2D eigenvalue weighted by Gasteiger charge is 2.25. The molecule has 0 radical (unpaired) electrons. The summed E-state index contributed by atoms with van der Waals surface area (Å²) in [4.78, 5) is 13.3. The number of aliphatic imine (C=N–C) groups is 1. The van der Waals surface area contributed by atoms with Gasteiger partial charge in [-0.05, 0) is 31.1 Å². The number of rotatable bonds is 4. The molecular formula is C10H19NO2. The molecule has 3 nitrogen and oxygen atoms in total. The summed E-state index contributed by atoms with van der Waals surface area (Å²) in [6.07, 6.45) is 5.09. The molecule has 0 aromatic heterocycles. The third-order valence-corrected chi connectivity index (χ3v) is 2.80. The predicted molar refractivity (Wildman–Crippen MR) is 52.6 cm³/mol. The van der Waals surface area contributed by atoms with Gasteiger partial charge < -0.3 is 4.89 Å². The molecule has 0 bridgehead atoms. The van der Waals surface area contributed by atoms with Gasteiger partial charge in [-0.1, -0.05) is 13.8 Å². The van der Waals surface area contributed by atoms with Crippen LogP contribution >= 0.6 is 0 Å². The molecule has 1 saturated carbocycles. The standard InChI is InChI=1S/C10H19NO2/c1-8(2)9-4-5-10(6-9)11-7-13-12-3/h7-10H,4-6H2,1-3H3/b11-7+/t9-,10+/m0/s1. The zero-order chi connectivity index (χ0) is 9.68. The van der Waals surface area contributed by atoms with Crippen molar-refractivity contribution in [3.8, 4) is 0 Å². The molecule has 0 amide bonds. The van der Waals surface area contributed by atoms with E-state index in [1.54, 1.807) is 0 Å². The summed E-state index contributed by atoms with van der Waals surface area (Å²) in [5.41, 5.74) is 0. The Labute approximate surface area is 80.1 Å². The normalized spacial score (nSPS) is 28.9. The highest BCUT2D eigenvalue weighted by molar-refractivity contribution is 5.45. The molecule has 0 heterocycles. The van der Waals surface area contributed by atoms with Gasteiger partial charge in [-0.2, -0.15) is 4.89 Å². The van der Waals surface area contributed by atoms with Crippen LogP contribution in [0.15, 0.2) is 4.99 Å². The van der Waals surface area contributed by atoms with E-state index in [1.807, 2.05) is 0 Å². The summed E-state index contributed by atoms with van der Waals surface area (Å²) in [5.74, 6) is 1.62. The number of hydrogen-bond acceptors (Lipinski definition) is 3. The average Bonchev–Trinajstić information content (AvgIpc) is 2.53. The summed E-state index contributed by atoms with van der Waals surface area (Å²) >= 11 is 0. The topological polar surface area (TPSA) is 30.8 Å². The fourth-order valence-corrected chi connectivity index (χ4v) is 1.89. The van der Waals surface area contributed by atoms with E-state index in [1.165, 1.54) is 32.8 Å². The van der Waals surface area contributed by atoms with E-state index in [-0.39, 0.29) is 0 Å². The van der Waals surface area contributed by atoms with E-state index in [0.29, 0.717) is 6.04 Å². The minimum Gasteiger partial charge on any atom is -0.326 e. The first-order valence-electron chi connectivity index (χ1n) is 4.95. The van der Waals surface area contributed by atoms with Crippen molar-refractivity contribution in [2.45, 2.75) is 39.2 Å². The largest absolute Gasteiger partial charge is 0.326 e. The Morgan fingerprint density at radius 1 is 1.38 bits per heavy atom. The van der Waals surface area contributed by atoms with Gasteiger partial charge in [0.05, 0.1) is 13.2 Å². The Balaban J connectivity index is 2.24. The van der Waals surface area contributed by atoms with E-state index < -0.39 is 0 Å². The van der Waals surface area contributed by atoms with Crippen LogP contribution in [-0.2, 0) is 9.78 Å². The van der Waals surface area contributed by atoms with E-state index in [2.05, 4.69) is 28.6 Å². The lowest BCUT2D eigenvalue weighted by atomic mass is 9.94. The monoisotopic (exact) mass is 185 g/mol. The lowest BCUT2D eigenvalue weighted by Gasteiger charge is -2.12. The fraction of sp³-hybridized carbons (Fsp3) is 0.900. The quantitative estimate of drug-likeness (QED) is 0.291. The van der Waals surface area contributed by atoms with Gasteiger partial charge in [-0.3, -0.25) is 4.99 Å². The molecular weight excluding hydrogens is 166 g/mol. The molecule has 0 spiro atoms. The second-order valence-corrected chi connectivity index (χ2v) is 3.99. The van der Waals surface area contributed by atoms with Crippen LogP contribution in [0, 0.1) is 11.8 Å². The second kappa shape index (κ2) is 5.22. The zero-order valence-electron chi connectivity index (χ0n) is 8.69. The van der Waals surface area contributed by atoms with E-state index in [0.717, 1.165) is 11.8 Å². The first-order valence-corrected chi connectivity index (χ1v) is 4.95. The van der Waals surface area contributed by atoms with E-state index >= 15 is 0 Å². The summed E-state index contributed by atoms with van der Waals surface area (Å²) in [7, 11) is 1.48. The van der Waals surface area contributed by atoms with Gasteiger partial charge in [0, 0.05) is 0 Å². The fourth-order valence-electron chi connectivity index (χ4n) is 1.89. The maximum absolute atomic E-state index is 4.60. The number of nitrogens with zero attached hydrogens (tertiary/aromatic N) is 1. The summed E-state index contributed by atoms with van der Waals surface area (Å²) in [6.45, 7) is 4.56. The van der Waals surface area contributed by atoms with Crippen LogP contribution in [0.1, 0.15) is 33.1 Å². The van der Waals surface area contributed by atoms with Gasteiger partial charge in [-0.15, -0.1) is 0 Å². The van der Waals surface area contributed by atoms with Crippen LogP contribution in [0.2, 0.25) is 0 Å². The van der Waals surface area contributed by atoms with Gasteiger partial charge >= 0.3 is 0 Å². The molecule has 2 atom stereocenters. The lowest BCUT2D eigenvalue weighted by molar-refractivity contribution is -0.188. The summed E-state index contributed by atoms with van der Waals surface area (Å²) in [6, 6.07) is 0.447. The molecule has 3 heteroatoms. The molecule has 1 aliphatic carbocycles. The lowest BCUT2D eigenvalue weighted by Crippen LogP contribution is -2.05. The van der Waals surface area contributed by atoms with Crippen LogP contribution in [-0.4, -0.2) is 19.6 Å². The molecule has 76 valence electrons. The van der Waals surface area contributed by atoms with Crippen LogP contribution in [0.3, 0.4) is 0 Å². The van der Waals surface area contributed by atoms with Crippen LogP contribution in [0.25, 0.3) is 0 Å². The van der Waals surface area contributed by atoms with E-state index in [9.17, 15) is 0 Å². The van der Waals surface area contributed by atoms with Gasteiger partial charge in [0.15, 0.2) is 0 Å². The van der Waals surface area contributed by atoms with Gasteiger partial charge in [0.1, 0.15) is 0 Å². The molecule has 1 aliphatic rings. The first-order chi connectivity index (χ1) is 6.24. The van der Waals surface area contributed by atoms with Crippen molar-refractivity contribution in [2.75, 3.05) is 7.11 Å². The Bertz CT molecular complexity index is 168. The zero-order valence-corrected chi connectivity index (χ0v) is 8.69. The Kier molecular flexibility index (Phi) is 4.22. The van der Waals surface area contributed by atoms with Crippen LogP contribution in [0.4, 0.5) is 0 Å². The minimum atomic E-state index is 0.447. The molecule has 0 N–H and O–H groups in total. The third kappa shape index (κ3) is 3.35. The van der Waals surface area contributed by atoms with Crippen LogP contribution in [0.5, 0.6) is 0 Å². The van der Waals surface area contributed by atoms with Crippen molar-refractivity contribution in [3.05, 3.63) is 0 Å². The molecule has 0 unspecified atom stereocenters.